The topological polar surface area (TPSA) is 63.2 Å². The van der Waals surface area contributed by atoms with E-state index in [2.05, 4.69) is 15.9 Å². The van der Waals surface area contributed by atoms with Gasteiger partial charge in [-0.15, -0.1) is 0 Å². The third kappa shape index (κ3) is 14.7. The van der Waals surface area contributed by atoms with E-state index in [1.807, 2.05) is 27.7 Å². The number of carbonyl (C=O) groups excluding carboxylic acids is 1. The molecular weight excluding hydrogens is 356 g/mol. The smallest absolute Gasteiger partial charge is 0.308 e. The summed E-state index contributed by atoms with van der Waals surface area (Å²) in [6.45, 7) is 10.1. The van der Waals surface area contributed by atoms with Gasteiger partial charge in [0.2, 0.25) is 0 Å². The summed E-state index contributed by atoms with van der Waals surface area (Å²) >= 11 is 3.28. The molecule has 1 unspecified atom stereocenters. The summed E-state index contributed by atoms with van der Waals surface area (Å²) in [5.41, 5.74) is -0.458. The lowest BCUT2D eigenvalue weighted by molar-refractivity contribution is -0.175. The van der Waals surface area contributed by atoms with Gasteiger partial charge < -0.3 is 23.7 Å². The van der Waals surface area contributed by atoms with Crippen LogP contribution in [0.25, 0.3) is 0 Å². The van der Waals surface area contributed by atoms with Gasteiger partial charge in [-0.05, 0) is 27.7 Å². The van der Waals surface area contributed by atoms with E-state index >= 15 is 0 Å². The molecular formula is C15H29BrO6. The summed E-state index contributed by atoms with van der Waals surface area (Å²) in [5.74, 6) is -0.260. The van der Waals surface area contributed by atoms with Crippen LogP contribution in [-0.2, 0) is 28.5 Å². The van der Waals surface area contributed by atoms with Crippen molar-refractivity contribution >= 4 is 21.9 Å². The molecule has 132 valence electrons. The molecule has 22 heavy (non-hydrogen) atoms. The van der Waals surface area contributed by atoms with Crippen molar-refractivity contribution in [1.82, 2.24) is 0 Å². The molecule has 0 aromatic heterocycles. The molecule has 0 saturated heterocycles. The molecule has 0 saturated carbocycles. The zero-order valence-electron chi connectivity index (χ0n) is 14.1. The molecule has 6 nitrogen and oxygen atoms in total. The Morgan fingerprint density at radius 1 is 1.05 bits per heavy atom. The van der Waals surface area contributed by atoms with Gasteiger partial charge in [-0.1, -0.05) is 15.9 Å². The summed E-state index contributed by atoms with van der Waals surface area (Å²) in [5, 5.41) is 0.777. The molecule has 0 aliphatic rings. The minimum atomic E-state index is -0.458. The van der Waals surface area contributed by atoms with Crippen molar-refractivity contribution in [2.45, 2.75) is 46.0 Å². The van der Waals surface area contributed by atoms with E-state index < -0.39 is 11.9 Å². The minimum Gasteiger partial charge on any atom is -0.460 e. The average Bonchev–Trinajstić information content (AvgIpc) is 2.40. The van der Waals surface area contributed by atoms with Crippen molar-refractivity contribution in [2.24, 2.45) is 0 Å². The highest BCUT2D eigenvalue weighted by molar-refractivity contribution is 9.09. The molecule has 7 heteroatoms. The quantitative estimate of drug-likeness (QED) is 0.210. The van der Waals surface area contributed by atoms with Gasteiger partial charge in [0.25, 0.3) is 0 Å². The molecule has 0 amide bonds. The number of rotatable bonds is 13. The maximum Gasteiger partial charge on any atom is 0.308 e. The molecule has 0 bridgehead atoms. The van der Waals surface area contributed by atoms with E-state index in [0.29, 0.717) is 39.6 Å². The first kappa shape index (κ1) is 21.8. The standard InChI is InChI=1S/C15H29BrO6/c1-5-20-14(12-19-9-7-16)21-11-10-18-8-6-13(17)22-15(2,3)4/h14H,5-12H2,1-4H3. The van der Waals surface area contributed by atoms with Crippen LogP contribution in [0.4, 0.5) is 0 Å². The van der Waals surface area contributed by atoms with Crippen molar-refractivity contribution in [3.8, 4) is 0 Å². The van der Waals surface area contributed by atoms with E-state index in [1.165, 1.54) is 0 Å². The van der Waals surface area contributed by atoms with Gasteiger partial charge in [-0.25, -0.2) is 0 Å². The predicted octanol–water partition coefficient (Wildman–Crippen LogP) is 2.53. The van der Waals surface area contributed by atoms with Crippen LogP contribution in [0, 0.1) is 0 Å². The van der Waals surface area contributed by atoms with Crippen molar-refractivity contribution in [3.05, 3.63) is 0 Å². The maximum absolute atomic E-state index is 11.5. The zero-order chi connectivity index (χ0) is 16.8. The summed E-state index contributed by atoms with van der Waals surface area (Å²) in [6.07, 6.45) is -0.154. The monoisotopic (exact) mass is 384 g/mol. The van der Waals surface area contributed by atoms with Crippen molar-refractivity contribution < 1.29 is 28.5 Å². The second-order valence-corrected chi connectivity index (χ2v) is 6.26. The van der Waals surface area contributed by atoms with Crippen LogP contribution in [0.2, 0.25) is 0 Å². The molecule has 0 aliphatic heterocycles. The van der Waals surface area contributed by atoms with Gasteiger partial charge in [-0.3, -0.25) is 4.79 Å². The first-order valence-corrected chi connectivity index (χ1v) is 8.67. The second kappa shape index (κ2) is 13.2. The van der Waals surface area contributed by atoms with Crippen LogP contribution < -0.4 is 0 Å². The molecule has 0 rings (SSSR count). The Hall–Kier alpha value is -0.210. The largest absolute Gasteiger partial charge is 0.460 e. The molecule has 0 fully saturated rings. The van der Waals surface area contributed by atoms with Crippen molar-refractivity contribution in [2.75, 3.05) is 45.0 Å². The number of alkyl halides is 1. The first-order valence-electron chi connectivity index (χ1n) is 7.55. The summed E-state index contributed by atoms with van der Waals surface area (Å²) < 4.78 is 26.8. The van der Waals surface area contributed by atoms with Crippen LogP contribution >= 0.6 is 15.9 Å². The molecule has 0 radical (unpaired) electrons. The van der Waals surface area contributed by atoms with E-state index in [-0.39, 0.29) is 12.4 Å². The lowest BCUT2D eigenvalue weighted by atomic mass is 10.2. The number of ether oxygens (including phenoxy) is 5. The van der Waals surface area contributed by atoms with Crippen LogP contribution in [0.1, 0.15) is 34.1 Å². The summed E-state index contributed by atoms with van der Waals surface area (Å²) in [6, 6.07) is 0. The highest BCUT2D eigenvalue weighted by atomic mass is 79.9. The van der Waals surface area contributed by atoms with E-state index in [1.54, 1.807) is 0 Å². The average molecular weight is 385 g/mol. The van der Waals surface area contributed by atoms with Gasteiger partial charge in [0.1, 0.15) is 5.60 Å². The van der Waals surface area contributed by atoms with Gasteiger partial charge in [0.15, 0.2) is 6.29 Å². The first-order chi connectivity index (χ1) is 10.4. The molecule has 1 atom stereocenters. The van der Waals surface area contributed by atoms with E-state index in [4.69, 9.17) is 23.7 Å². The fourth-order valence-corrected chi connectivity index (χ4v) is 1.68. The summed E-state index contributed by atoms with van der Waals surface area (Å²) in [7, 11) is 0. The Bertz CT molecular complexity index is 280. The van der Waals surface area contributed by atoms with E-state index in [0.717, 1.165) is 5.33 Å². The Labute approximate surface area is 141 Å². The second-order valence-electron chi connectivity index (χ2n) is 5.47. The Kier molecular flexibility index (Phi) is 13.1. The fourth-order valence-electron chi connectivity index (χ4n) is 1.45. The van der Waals surface area contributed by atoms with Crippen LogP contribution in [-0.4, -0.2) is 62.8 Å². The number of hydrogen-bond donors (Lipinski definition) is 0. The molecule has 0 heterocycles. The predicted molar refractivity (Wildman–Crippen MR) is 87.3 cm³/mol. The van der Waals surface area contributed by atoms with Crippen LogP contribution in [0.5, 0.6) is 0 Å². The van der Waals surface area contributed by atoms with Crippen molar-refractivity contribution in [3.63, 3.8) is 0 Å². The SMILES string of the molecule is CCOC(COCCBr)OCCOCCC(=O)OC(C)(C)C. The molecule has 0 spiro atoms. The third-order valence-electron chi connectivity index (χ3n) is 2.23. The molecule has 0 N–H and O–H groups in total. The molecule has 0 aromatic rings. The Morgan fingerprint density at radius 2 is 1.77 bits per heavy atom. The molecule has 0 aliphatic carbocycles. The van der Waals surface area contributed by atoms with Gasteiger partial charge >= 0.3 is 5.97 Å². The highest BCUT2D eigenvalue weighted by Crippen LogP contribution is 2.08. The van der Waals surface area contributed by atoms with Gasteiger partial charge in [0.05, 0.1) is 39.5 Å². The summed E-state index contributed by atoms with van der Waals surface area (Å²) in [4.78, 5) is 11.5. The number of esters is 1. The highest BCUT2D eigenvalue weighted by Gasteiger charge is 2.15. The minimum absolute atomic E-state index is 0.237. The van der Waals surface area contributed by atoms with Gasteiger partial charge in [0, 0.05) is 11.9 Å². The Balaban J connectivity index is 3.61. The number of halogens is 1. The lowest BCUT2D eigenvalue weighted by Crippen LogP contribution is -2.26. The number of hydrogen-bond acceptors (Lipinski definition) is 6. The van der Waals surface area contributed by atoms with Gasteiger partial charge in [-0.2, -0.15) is 0 Å². The Morgan fingerprint density at radius 3 is 2.36 bits per heavy atom. The van der Waals surface area contributed by atoms with E-state index in [9.17, 15) is 4.79 Å². The van der Waals surface area contributed by atoms with Crippen LogP contribution in [0.3, 0.4) is 0 Å². The molecule has 0 aromatic carbocycles. The number of carbonyl (C=O) groups is 1. The zero-order valence-corrected chi connectivity index (χ0v) is 15.6. The van der Waals surface area contributed by atoms with Crippen LogP contribution in [0.15, 0.2) is 0 Å². The normalized spacial score (nSPS) is 13.1. The fraction of sp³-hybridized carbons (Fsp3) is 0.933. The maximum atomic E-state index is 11.5. The lowest BCUT2D eigenvalue weighted by Gasteiger charge is -2.19. The van der Waals surface area contributed by atoms with Crippen molar-refractivity contribution in [1.29, 1.82) is 0 Å². The third-order valence-corrected chi connectivity index (χ3v) is 2.55.